The van der Waals surface area contributed by atoms with E-state index >= 15 is 0 Å². The van der Waals surface area contributed by atoms with Gasteiger partial charge in [-0.15, -0.1) is 0 Å². The quantitative estimate of drug-likeness (QED) is 0.261. The van der Waals surface area contributed by atoms with Crippen LogP contribution in [0, 0.1) is 0 Å². The molecular formula is C10H19N3O3. The van der Waals surface area contributed by atoms with Gasteiger partial charge in [-0.3, -0.25) is 15.0 Å². The van der Waals surface area contributed by atoms with Gasteiger partial charge in [0.05, 0.1) is 0 Å². The second-order valence-electron chi connectivity index (χ2n) is 3.55. The number of carboxylic acid groups (broad SMARTS) is 1. The van der Waals surface area contributed by atoms with Gasteiger partial charge in [0.15, 0.2) is 0 Å². The zero-order valence-electron chi connectivity index (χ0n) is 9.45. The third-order valence-electron chi connectivity index (χ3n) is 1.99. The van der Waals surface area contributed by atoms with E-state index in [1.807, 2.05) is 0 Å². The molecule has 0 saturated carbocycles. The maximum absolute atomic E-state index is 11.1. The van der Waals surface area contributed by atoms with E-state index in [0.29, 0.717) is 25.0 Å². The minimum atomic E-state index is -1.00. The Morgan fingerprint density at radius 1 is 1.44 bits per heavy atom. The van der Waals surface area contributed by atoms with Gasteiger partial charge < -0.3 is 10.8 Å². The van der Waals surface area contributed by atoms with Gasteiger partial charge in [-0.1, -0.05) is 6.58 Å². The van der Waals surface area contributed by atoms with E-state index in [0.717, 1.165) is 6.42 Å². The number of carbonyl (C=O) groups is 2. The summed E-state index contributed by atoms with van der Waals surface area (Å²) in [6.07, 6.45) is 1.88. The molecule has 5 N–H and O–H groups in total. The third-order valence-corrected chi connectivity index (χ3v) is 1.99. The zero-order chi connectivity index (χ0) is 12.6. The third kappa shape index (κ3) is 6.15. The second kappa shape index (κ2) is 7.84. The van der Waals surface area contributed by atoms with Crippen LogP contribution in [0.15, 0.2) is 12.2 Å². The van der Waals surface area contributed by atoms with Crippen LogP contribution in [0.1, 0.15) is 26.2 Å². The van der Waals surface area contributed by atoms with Crippen LogP contribution in [0.5, 0.6) is 0 Å². The fourth-order valence-corrected chi connectivity index (χ4v) is 1.01. The summed E-state index contributed by atoms with van der Waals surface area (Å²) in [5.41, 5.74) is 10.4. The first-order valence-corrected chi connectivity index (χ1v) is 5.13. The fourth-order valence-electron chi connectivity index (χ4n) is 1.01. The predicted octanol–water partition coefficient (Wildman–Crippen LogP) is -0.234. The Kier molecular flexibility index (Phi) is 7.15. The molecule has 0 aliphatic heterocycles. The van der Waals surface area contributed by atoms with Crippen LogP contribution < -0.4 is 16.6 Å². The Balaban J connectivity index is 3.99. The van der Waals surface area contributed by atoms with Gasteiger partial charge in [0.2, 0.25) is 0 Å². The molecule has 0 aromatic rings. The van der Waals surface area contributed by atoms with Crippen molar-refractivity contribution in [1.82, 2.24) is 10.9 Å². The lowest BCUT2D eigenvalue weighted by molar-refractivity contribution is -0.140. The van der Waals surface area contributed by atoms with Crippen LogP contribution in [0.4, 0.5) is 0 Å². The van der Waals surface area contributed by atoms with Crippen molar-refractivity contribution in [1.29, 1.82) is 0 Å². The minimum Gasteiger partial charge on any atom is -0.480 e. The molecule has 0 aromatic carbocycles. The molecule has 92 valence electrons. The average Bonchev–Trinajstić information content (AvgIpc) is 2.21. The van der Waals surface area contributed by atoms with E-state index < -0.39 is 17.9 Å². The number of aliphatic carboxylic acids is 1. The Morgan fingerprint density at radius 3 is 2.50 bits per heavy atom. The lowest BCUT2D eigenvalue weighted by Gasteiger charge is -2.14. The van der Waals surface area contributed by atoms with Crippen molar-refractivity contribution < 1.29 is 14.7 Å². The van der Waals surface area contributed by atoms with Crippen molar-refractivity contribution in [3.8, 4) is 0 Å². The van der Waals surface area contributed by atoms with Gasteiger partial charge >= 0.3 is 5.97 Å². The number of carboxylic acids is 1. The van der Waals surface area contributed by atoms with E-state index in [1.165, 1.54) is 0 Å². The number of carbonyl (C=O) groups excluding carboxylic acids is 1. The fraction of sp³-hybridized carbons (Fsp3) is 0.600. The molecule has 0 aromatic heterocycles. The Labute approximate surface area is 94.9 Å². The number of nitrogens with two attached hydrogens (primary N) is 1. The van der Waals surface area contributed by atoms with Gasteiger partial charge in [-0.2, -0.15) is 0 Å². The summed E-state index contributed by atoms with van der Waals surface area (Å²) in [7, 11) is 0. The Morgan fingerprint density at radius 2 is 2.06 bits per heavy atom. The van der Waals surface area contributed by atoms with E-state index in [-0.39, 0.29) is 0 Å². The number of amides is 1. The summed E-state index contributed by atoms with van der Waals surface area (Å²) in [5, 5.41) is 8.86. The van der Waals surface area contributed by atoms with Gasteiger partial charge in [0, 0.05) is 5.57 Å². The van der Waals surface area contributed by atoms with Crippen molar-refractivity contribution in [2.75, 3.05) is 6.54 Å². The van der Waals surface area contributed by atoms with Crippen LogP contribution in [0.25, 0.3) is 0 Å². The molecule has 0 bridgehead atoms. The standard InChI is InChI=1S/C10H19N3O3/c1-7(2)9(14)13-12-8(10(15)16)5-3-4-6-11/h8,12H,1,3-6,11H2,2H3,(H,13,14)(H,15,16)/t8-/m0/s1. The molecule has 0 unspecified atom stereocenters. The summed E-state index contributed by atoms with van der Waals surface area (Å²) in [5.74, 6) is -1.41. The van der Waals surface area contributed by atoms with Crippen molar-refractivity contribution >= 4 is 11.9 Å². The van der Waals surface area contributed by atoms with E-state index in [2.05, 4.69) is 17.4 Å². The monoisotopic (exact) mass is 229 g/mol. The molecule has 0 radical (unpaired) electrons. The smallest absolute Gasteiger partial charge is 0.322 e. The molecule has 6 nitrogen and oxygen atoms in total. The number of hydrazine groups is 1. The number of unbranched alkanes of at least 4 members (excludes halogenated alkanes) is 1. The molecule has 1 amide bonds. The summed E-state index contributed by atoms with van der Waals surface area (Å²) >= 11 is 0. The summed E-state index contributed by atoms with van der Waals surface area (Å²) in [6, 6.07) is -0.796. The van der Waals surface area contributed by atoms with Crippen molar-refractivity contribution in [3.05, 3.63) is 12.2 Å². The maximum Gasteiger partial charge on any atom is 0.322 e. The van der Waals surface area contributed by atoms with Gasteiger partial charge in [0.1, 0.15) is 6.04 Å². The summed E-state index contributed by atoms with van der Waals surface area (Å²) in [4.78, 5) is 21.9. The zero-order valence-corrected chi connectivity index (χ0v) is 9.45. The first kappa shape index (κ1) is 14.6. The largest absolute Gasteiger partial charge is 0.480 e. The lowest BCUT2D eigenvalue weighted by atomic mass is 10.1. The summed E-state index contributed by atoms with van der Waals surface area (Å²) in [6.45, 7) is 5.51. The molecule has 0 aliphatic carbocycles. The second-order valence-corrected chi connectivity index (χ2v) is 3.55. The number of rotatable bonds is 8. The van der Waals surface area contributed by atoms with Crippen LogP contribution in [-0.2, 0) is 9.59 Å². The lowest BCUT2D eigenvalue weighted by Crippen LogP contribution is -2.48. The highest BCUT2D eigenvalue weighted by molar-refractivity contribution is 5.91. The normalized spacial score (nSPS) is 11.9. The number of hydrogen-bond acceptors (Lipinski definition) is 4. The average molecular weight is 229 g/mol. The van der Waals surface area contributed by atoms with Crippen LogP contribution in [0.2, 0.25) is 0 Å². The minimum absolute atomic E-state index is 0.318. The highest BCUT2D eigenvalue weighted by atomic mass is 16.4. The summed E-state index contributed by atoms with van der Waals surface area (Å²) < 4.78 is 0. The molecule has 0 fully saturated rings. The van der Waals surface area contributed by atoms with Gasteiger partial charge in [-0.05, 0) is 32.7 Å². The molecule has 16 heavy (non-hydrogen) atoms. The van der Waals surface area contributed by atoms with Crippen LogP contribution >= 0.6 is 0 Å². The Hall–Kier alpha value is -1.40. The van der Waals surface area contributed by atoms with E-state index in [1.54, 1.807) is 6.92 Å². The van der Waals surface area contributed by atoms with Crippen LogP contribution in [-0.4, -0.2) is 29.6 Å². The highest BCUT2D eigenvalue weighted by Gasteiger charge is 2.17. The molecular weight excluding hydrogens is 210 g/mol. The molecule has 0 saturated heterocycles. The van der Waals surface area contributed by atoms with E-state index in [4.69, 9.17) is 10.8 Å². The SMILES string of the molecule is C=C(C)C(=O)NN[C@@H](CCCCN)C(=O)O. The van der Waals surface area contributed by atoms with Gasteiger partial charge in [-0.25, -0.2) is 5.43 Å². The molecule has 0 aliphatic rings. The predicted molar refractivity (Wildman–Crippen MR) is 60.4 cm³/mol. The first-order chi connectivity index (χ1) is 7.49. The Bertz CT molecular complexity index is 266. The maximum atomic E-state index is 11.1. The highest BCUT2D eigenvalue weighted by Crippen LogP contribution is 1.99. The molecule has 0 rings (SSSR count). The molecule has 1 atom stereocenters. The molecule has 0 heterocycles. The topological polar surface area (TPSA) is 104 Å². The molecule has 6 heteroatoms. The first-order valence-electron chi connectivity index (χ1n) is 5.13. The van der Waals surface area contributed by atoms with Crippen molar-refractivity contribution in [2.24, 2.45) is 5.73 Å². The van der Waals surface area contributed by atoms with Crippen molar-refractivity contribution in [3.63, 3.8) is 0 Å². The van der Waals surface area contributed by atoms with Gasteiger partial charge in [0.25, 0.3) is 5.91 Å². The van der Waals surface area contributed by atoms with E-state index in [9.17, 15) is 9.59 Å². The van der Waals surface area contributed by atoms with Crippen molar-refractivity contribution in [2.45, 2.75) is 32.2 Å². The van der Waals surface area contributed by atoms with Crippen LogP contribution in [0.3, 0.4) is 0 Å². The number of hydrogen-bond donors (Lipinski definition) is 4. The molecule has 0 spiro atoms. The number of nitrogens with one attached hydrogen (secondary N) is 2.